The highest BCUT2D eigenvalue weighted by atomic mass is 16.3. The summed E-state index contributed by atoms with van der Waals surface area (Å²) in [4.78, 5) is 0. The van der Waals surface area contributed by atoms with Crippen LogP contribution >= 0.6 is 0 Å². The van der Waals surface area contributed by atoms with E-state index in [-0.39, 0.29) is 6.10 Å². The van der Waals surface area contributed by atoms with Crippen molar-refractivity contribution in [3.05, 3.63) is 47.1 Å². The van der Waals surface area contributed by atoms with E-state index in [0.29, 0.717) is 23.2 Å². The molecule has 162 valence electrons. The van der Waals surface area contributed by atoms with Gasteiger partial charge in [-0.3, -0.25) is 0 Å². The molecule has 6 atom stereocenters. The number of hydrogen-bond acceptors (Lipinski definition) is 1. The highest BCUT2D eigenvalue weighted by molar-refractivity contribution is 5.36. The maximum atomic E-state index is 10.1. The van der Waals surface area contributed by atoms with Crippen molar-refractivity contribution < 1.29 is 5.11 Å². The molecule has 1 N–H and O–H groups in total. The van der Waals surface area contributed by atoms with Crippen LogP contribution in [-0.2, 0) is 0 Å². The predicted octanol–water partition coefficient (Wildman–Crippen LogP) is 7.64. The highest BCUT2D eigenvalue weighted by Gasteiger charge is 2.49. The van der Waals surface area contributed by atoms with Crippen LogP contribution in [0.1, 0.15) is 86.5 Å². The Morgan fingerprint density at radius 2 is 1.83 bits per heavy atom. The third kappa shape index (κ3) is 4.98. The first kappa shape index (κ1) is 22.6. The van der Waals surface area contributed by atoms with Gasteiger partial charge in [0, 0.05) is 0 Å². The molecule has 0 spiro atoms. The maximum Gasteiger partial charge on any atom is 0.0583 e. The molecule has 0 saturated heterocycles. The first-order valence-electron chi connectivity index (χ1n) is 12.2. The second kappa shape index (κ2) is 9.38. The number of hydrogen-bond donors (Lipinski definition) is 1. The van der Waals surface area contributed by atoms with Crippen LogP contribution in [0.4, 0.5) is 0 Å². The molecule has 0 aromatic rings. The Morgan fingerprint density at radius 3 is 2.55 bits per heavy atom. The normalized spacial score (nSPS) is 35.4. The molecule has 0 aromatic carbocycles. The second-order valence-corrected chi connectivity index (χ2v) is 10.9. The summed E-state index contributed by atoms with van der Waals surface area (Å²) < 4.78 is 0. The molecule has 1 fully saturated rings. The summed E-state index contributed by atoms with van der Waals surface area (Å²) in [5.41, 5.74) is 4.82. The second-order valence-electron chi connectivity index (χ2n) is 10.9. The fourth-order valence-electron chi connectivity index (χ4n) is 6.10. The van der Waals surface area contributed by atoms with Crippen molar-refractivity contribution >= 4 is 0 Å². The zero-order valence-corrected chi connectivity index (χ0v) is 19.7. The molecule has 3 aliphatic rings. The highest BCUT2D eigenvalue weighted by Crippen LogP contribution is 2.58. The van der Waals surface area contributed by atoms with Crippen molar-refractivity contribution in [2.24, 2.45) is 35.0 Å². The molecular formula is C28H44O. The largest absolute Gasteiger partial charge is 0.393 e. The van der Waals surface area contributed by atoms with Crippen LogP contribution in [-0.4, -0.2) is 11.2 Å². The van der Waals surface area contributed by atoms with Crippen molar-refractivity contribution in [1.29, 1.82) is 0 Å². The van der Waals surface area contributed by atoms with Crippen molar-refractivity contribution in [3.63, 3.8) is 0 Å². The average molecular weight is 397 g/mol. The van der Waals surface area contributed by atoms with Crippen LogP contribution in [0.3, 0.4) is 0 Å². The lowest BCUT2D eigenvalue weighted by molar-refractivity contribution is 0.129. The number of aliphatic hydroxyl groups is 1. The molecular weight excluding hydrogens is 352 g/mol. The Kier molecular flexibility index (Phi) is 7.31. The summed E-state index contributed by atoms with van der Waals surface area (Å²) in [6.45, 7) is 14.2. The van der Waals surface area contributed by atoms with Gasteiger partial charge in [-0.15, -0.1) is 0 Å². The molecule has 0 unspecified atom stereocenters. The van der Waals surface area contributed by atoms with Gasteiger partial charge < -0.3 is 5.11 Å². The molecule has 1 saturated carbocycles. The van der Waals surface area contributed by atoms with Crippen molar-refractivity contribution in [3.8, 4) is 0 Å². The van der Waals surface area contributed by atoms with Gasteiger partial charge in [-0.25, -0.2) is 0 Å². The quantitative estimate of drug-likeness (QED) is 0.457. The van der Waals surface area contributed by atoms with Crippen LogP contribution in [0.25, 0.3) is 0 Å². The maximum absolute atomic E-state index is 10.1. The van der Waals surface area contributed by atoms with Crippen LogP contribution in [0, 0.1) is 35.0 Å². The predicted molar refractivity (Wildman–Crippen MR) is 126 cm³/mol. The summed E-state index contributed by atoms with van der Waals surface area (Å²) in [5.74, 6) is 3.53. The van der Waals surface area contributed by atoms with Gasteiger partial charge in [0.2, 0.25) is 0 Å². The van der Waals surface area contributed by atoms with Gasteiger partial charge in [0.25, 0.3) is 0 Å². The minimum Gasteiger partial charge on any atom is -0.393 e. The summed E-state index contributed by atoms with van der Waals surface area (Å²) in [7, 11) is 0. The molecule has 0 aliphatic heterocycles. The molecule has 1 nitrogen and oxygen atoms in total. The summed E-state index contributed by atoms with van der Waals surface area (Å²) in [5, 5.41) is 10.1. The Labute approximate surface area is 180 Å². The van der Waals surface area contributed by atoms with E-state index in [9.17, 15) is 5.11 Å². The van der Waals surface area contributed by atoms with Gasteiger partial charge in [-0.1, -0.05) is 70.6 Å². The molecule has 3 aliphatic carbocycles. The third-order valence-electron chi connectivity index (χ3n) is 8.61. The number of aliphatic hydroxyl groups excluding tert-OH is 1. The van der Waals surface area contributed by atoms with Crippen molar-refractivity contribution in [2.45, 2.75) is 92.6 Å². The number of rotatable bonds is 6. The standard InChI is InChI=1S/C28H44O/c1-19(2)20(3)9-10-22(5)26-15-16-27-23(8-7-17-28(26,27)6)12-13-24-18-25(29)14-11-21(24)4/h8-10,12-13,19-20,22,25-27,29H,7,11,14-18H2,1-6H3/t20-,22+,25+,26+,27-,28+/m0/s1. The van der Waals surface area contributed by atoms with Crippen LogP contribution in [0.2, 0.25) is 0 Å². The summed E-state index contributed by atoms with van der Waals surface area (Å²) in [6.07, 6.45) is 20.1. The van der Waals surface area contributed by atoms with Crippen molar-refractivity contribution in [1.82, 2.24) is 0 Å². The molecule has 29 heavy (non-hydrogen) atoms. The minimum absolute atomic E-state index is 0.152. The van der Waals surface area contributed by atoms with E-state index < -0.39 is 0 Å². The van der Waals surface area contributed by atoms with E-state index in [1.165, 1.54) is 36.8 Å². The fraction of sp³-hybridized carbons (Fsp3) is 0.714. The monoisotopic (exact) mass is 396 g/mol. The van der Waals surface area contributed by atoms with Crippen LogP contribution in [0.5, 0.6) is 0 Å². The van der Waals surface area contributed by atoms with Gasteiger partial charge >= 0.3 is 0 Å². The molecule has 0 heterocycles. The van der Waals surface area contributed by atoms with Gasteiger partial charge in [0.15, 0.2) is 0 Å². The van der Waals surface area contributed by atoms with E-state index in [4.69, 9.17) is 0 Å². The first-order valence-corrected chi connectivity index (χ1v) is 12.2. The van der Waals surface area contributed by atoms with E-state index >= 15 is 0 Å². The smallest absolute Gasteiger partial charge is 0.0583 e. The van der Waals surface area contributed by atoms with Gasteiger partial charge in [0.05, 0.1) is 6.10 Å². The molecule has 1 heteroatoms. The van der Waals surface area contributed by atoms with Crippen LogP contribution in [0.15, 0.2) is 47.1 Å². The zero-order valence-electron chi connectivity index (χ0n) is 19.7. The Bertz CT molecular complexity index is 691. The SMILES string of the molecule is CC1=C(C=CC2=CCC[C@]3(C)[C@@H]([C@H](C)C=C[C@H](C)C(C)C)CC[C@@H]23)C[C@H](O)CC1. The number of allylic oxidation sites excluding steroid dienone is 7. The van der Waals surface area contributed by atoms with Crippen molar-refractivity contribution in [2.75, 3.05) is 0 Å². The third-order valence-corrected chi connectivity index (χ3v) is 8.61. The molecule has 0 aromatic heterocycles. The van der Waals surface area contributed by atoms with Gasteiger partial charge in [-0.2, -0.15) is 0 Å². The molecule has 0 amide bonds. The molecule has 0 radical (unpaired) electrons. The Balaban J connectivity index is 1.73. The van der Waals surface area contributed by atoms with Gasteiger partial charge in [-0.05, 0) is 98.0 Å². The van der Waals surface area contributed by atoms with E-state index in [1.807, 2.05) is 0 Å². The summed E-state index contributed by atoms with van der Waals surface area (Å²) in [6, 6.07) is 0. The fourth-order valence-corrected chi connectivity index (χ4v) is 6.10. The van der Waals surface area contributed by atoms with Crippen LogP contribution < -0.4 is 0 Å². The number of fused-ring (bicyclic) bond motifs is 1. The lowest BCUT2D eigenvalue weighted by Gasteiger charge is -2.42. The zero-order chi connectivity index (χ0) is 21.2. The minimum atomic E-state index is -0.152. The average Bonchev–Trinajstić information content (AvgIpc) is 3.04. The Morgan fingerprint density at radius 1 is 1.07 bits per heavy atom. The van der Waals surface area contributed by atoms with Gasteiger partial charge in [0.1, 0.15) is 0 Å². The Hall–Kier alpha value is -1.08. The van der Waals surface area contributed by atoms with E-state index in [1.54, 1.807) is 5.57 Å². The van der Waals surface area contributed by atoms with E-state index in [2.05, 4.69) is 71.9 Å². The van der Waals surface area contributed by atoms with E-state index in [0.717, 1.165) is 31.1 Å². The lowest BCUT2D eigenvalue weighted by atomic mass is 9.62. The first-order chi connectivity index (χ1) is 13.7. The molecule has 3 rings (SSSR count). The lowest BCUT2D eigenvalue weighted by Crippen LogP contribution is -2.34. The summed E-state index contributed by atoms with van der Waals surface area (Å²) >= 11 is 0. The molecule has 0 bridgehead atoms. The topological polar surface area (TPSA) is 20.2 Å².